The summed E-state index contributed by atoms with van der Waals surface area (Å²) in [5.41, 5.74) is 1.13. The molecule has 1 aromatic rings. The predicted octanol–water partition coefficient (Wildman–Crippen LogP) is 1.62. The van der Waals surface area contributed by atoms with Crippen LogP contribution in [0.25, 0.3) is 6.08 Å². The lowest BCUT2D eigenvalue weighted by Crippen LogP contribution is -2.38. The van der Waals surface area contributed by atoms with Gasteiger partial charge < -0.3 is 15.5 Å². The van der Waals surface area contributed by atoms with Crippen LogP contribution >= 0.6 is 0 Å². The van der Waals surface area contributed by atoms with E-state index < -0.39 is 0 Å². The van der Waals surface area contributed by atoms with Crippen molar-refractivity contribution in [3.8, 4) is 0 Å². The van der Waals surface area contributed by atoms with Crippen LogP contribution in [0.4, 0.5) is 0 Å². The monoisotopic (exact) mass is 303 g/mol. The van der Waals surface area contributed by atoms with Crippen LogP contribution in [0.3, 0.4) is 0 Å². The Kier molecular flexibility index (Phi) is 7.92. The van der Waals surface area contributed by atoms with Crippen LogP contribution in [-0.4, -0.2) is 42.9 Å². The maximum atomic E-state index is 12.2. The molecule has 0 unspecified atom stereocenters. The van der Waals surface area contributed by atoms with Crippen LogP contribution in [0.15, 0.2) is 36.0 Å². The third-order valence-electron chi connectivity index (χ3n) is 3.27. The predicted molar refractivity (Wildman–Crippen MR) is 89.0 cm³/mol. The fraction of sp³-hybridized carbons (Fsp3) is 0.412. The Bertz CT molecular complexity index is 508. The number of carbonyl (C=O) groups excluding carboxylic acids is 2. The van der Waals surface area contributed by atoms with Crippen molar-refractivity contribution in [2.75, 3.05) is 26.2 Å². The first kappa shape index (κ1) is 17.9. The van der Waals surface area contributed by atoms with Gasteiger partial charge in [-0.25, -0.2) is 0 Å². The zero-order valence-electron chi connectivity index (χ0n) is 13.6. The van der Waals surface area contributed by atoms with E-state index in [4.69, 9.17) is 0 Å². The summed E-state index contributed by atoms with van der Waals surface area (Å²) in [7, 11) is 0. The van der Waals surface area contributed by atoms with E-state index in [0.717, 1.165) is 25.2 Å². The van der Waals surface area contributed by atoms with Crippen LogP contribution in [0.1, 0.15) is 26.3 Å². The molecule has 0 aliphatic carbocycles. The number of nitrogens with one attached hydrogen (secondary N) is 2. The Labute approximate surface area is 132 Å². The lowest BCUT2D eigenvalue weighted by atomic mass is 10.2. The van der Waals surface area contributed by atoms with Crippen molar-refractivity contribution < 1.29 is 9.59 Å². The maximum Gasteiger partial charge on any atom is 0.267 e. The van der Waals surface area contributed by atoms with Crippen molar-refractivity contribution in [1.29, 1.82) is 0 Å². The van der Waals surface area contributed by atoms with Gasteiger partial charge in [0.25, 0.3) is 5.91 Å². The Morgan fingerprint density at radius 1 is 1.14 bits per heavy atom. The number of nitrogens with zero attached hydrogens (tertiary/aromatic N) is 1. The number of hydrogen-bond donors (Lipinski definition) is 2. The molecule has 2 N–H and O–H groups in total. The average molecular weight is 303 g/mol. The van der Waals surface area contributed by atoms with Gasteiger partial charge in [0.05, 0.1) is 0 Å². The Morgan fingerprint density at radius 3 is 2.32 bits per heavy atom. The van der Waals surface area contributed by atoms with Crippen LogP contribution in [0, 0.1) is 0 Å². The number of likely N-dealkylation sites (N-methyl/N-ethyl adjacent to an activating group) is 1. The zero-order chi connectivity index (χ0) is 16.4. The van der Waals surface area contributed by atoms with Gasteiger partial charge in [0.1, 0.15) is 5.70 Å². The van der Waals surface area contributed by atoms with Crippen molar-refractivity contribution >= 4 is 17.9 Å². The Morgan fingerprint density at radius 2 is 1.77 bits per heavy atom. The van der Waals surface area contributed by atoms with Gasteiger partial charge in [0.15, 0.2) is 0 Å². The van der Waals surface area contributed by atoms with E-state index in [1.807, 2.05) is 30.3 Å². The van der Waals surface area contributed by atoms with Crippen molar-refractivity contribution in [3.05, 3.63) is 41.6 Å². The number of amides is 2. The van der Waals surface area contributed by atoms with E-state index in [1.54, 1.807) is 6.08 Å². The van der Waals surface area contributed by atoms with Crippen LogP contribution in [-0.2, 0) is 9.59 Å². The highest BCUT2D eigenvalue weighted by Gasteiger charge is 2.11. The molecule has 1 aromatic carbocycles. The minimum Gasteiger partial charge on any atom is -0.349 e. The van der Waals surface area contributed by atoms with E-state index in [0.29, 0.717) is 6.54 Å². The number of rotatable bonds is 8. The SMILES string of the molecule is CCN(CC)CCNC(=O)/C(=C/c1ccccc1)NC(C)=O. The highest BCUT2D eigenvalue weighted by Crippen LogP contribution is 2.05. The molecule has 0 heterocycles. The highest BCUT2D eigenvalue weighted by atomic mass is 16.2. The topological polar surface area (TPSA) is 61.4 Å². The Hall–Kier alpha value is -2.14. The highest BCUT2D eigenvalue weighted by molar-refractivity contribution is 6.00. The molecule has 0 aliphatic rings. The van der Waals surface area contributed by atoms with E-state index >= 15 is 0 Å². The summed E-state index contributed by atoms with van der Waals surface area (Å²) in [6, 6.07) is 9.43. The first-order valence-corrected chi connectivity index (χ1v) is 7.61. The summed E-state index contributed by atoms with van der Waals surface area (Å²) in [5.74, 6) is -0.535. The fourth-order valence-corrected chi connectivity index (χ4v) is 2.03. The Balaban J connectivity index is 2.69. The van der Waals surface area contributed by atoms with Gasteiger partial charge in [-0.1, -0.05) is 44.2 Å². The van der Waals surface area contributed by atoms with Gasteiger partial charge in [-0.15, -0.1) is 0 Å². The summed E-state index contributed by atoms with van der Waals surface area (Å²) in [6.45, 7) is 8.80. The van der Waals surface area contributed by atoms with Gasteiger partial charge in [0, 0.05) is 20.0 Å². The van der Waals surface area contributed by atoms with Crippen molar-refractivity contribution in [2.45, 2.75) is 20.8 Å². The average Bonchev–Trinajstić information content (AvgIpc) is 2.51. The van der Waals surface area contributed by atoms with Gasteiger partial charge >= 0.3 is 0 Å². The van der Waals surface area contributed by atoms with Gasteiger partial charge in [-0.2, -0.15) is 0 Å². The maximum absolute atomic E-state index is 12.2. The molecule has 120 valence electrons. The largest absolute Gasteiger partial charge is 0.349 e. The second-order valence-corrected chi connectivity index (χ2v) is 4.93. The zero-order valence-corrected chi connectivity index (χ0v) is 13.6. The molecule has 22 heavy (non-hydrogen) atoms. The van der Waals surface area contributed by atoms with E-state index in [1.165, 1.54) is 6.92 Å². The molecular weight excluding hydrogens is 278 g/mol. The number of hydrogen-bond acceptors (Lipinski definition) is 3. The third kappa shape index (κ3) is 6.54. The normalized spacial score (nSPS) is 11.4. The van der Waals surface area contributed by atoms with Gasteiger partial charge in [-0.3, -0.25) is 9.59 Å². The second-order valence-electron chi connectivity index (χ2n) is 4.93. The molecule has 0 spiro atoms. The first-order valence-electron chi connectivity index (χ1n) is 7.61. The molecule has 0 fully saturated rings. The van der Waals surface area contributed by atoms with E-state index in [9.17, 15) is 9.59 Å². The lowest BCUT2D eigenvalue weighted by Gasteiger charge is -2.18. The van der Waals surface area contributed by atoms with Crippen molar-refractivity contribution in [1.82, 2.24) is 15.5 Å². The standard InChI is InChI=1S/C17H25N3O2/c1-4-20(5-2)12-11-18-17(22)16(19-14(3)21)13-15-9-7-6-8-10-15/h6-10,13H,4-5,11-12H2,1-3H3,(H,18,22)(H,19,21)/b16-13-. The minimum absolute atomic E-state index is 0.262. The summed E-state index contributed by atoms with van der Waals surface area (Å²) >= 11 is 0. The molecule has 1 rings (SSSR count). The molecule has 0 atom stereocenters. The van der Waals surface area contributed by atoms with Crippen molar-refractivity contribution in [2.24, 2.45) is 0 Å². The molecule has 2 amide bonds. The second kappa shape index (κ2) is 9.73. The summed E-state index contributed by atoms with van der Waals surface area (Å²) in [6.07, 6.45) is 1.67. The molecule has 0 saturated carbocycles. The number of carbonyl (C=O) groups is 2. The van der Waals surface area contributed by atoms with E-state index in [2.05, 4.69) is 29.4 Å². The lowest BCUT2D eigenvalue weighted by molar-refractivity contribution is -0.122. The van der Waals surface area contributed by atoms with Crippen molar-refractivity contribution in [3.63, 3.8) is 0 Å². The van der Waals surface area contributed by atoms with Gasteiger partial charge in [-0.05, 0) is 24.7 Å². The molecule has 0 radical (unpaired) electrons. The third-order valence-corrected chi connectivity index (χ3v) is 3.27. The molecule has 0 aromatic heterocycles. The quantitative estimate of drug-likeness (QED) is 0.718. The summed E-state index contributed by atoms with van der Waals surface area (Å²) < 4.78 is 0. The summed E-state index contributed by atoms with van der Waals surface area (Å²) in [5, 5.41) is 5.43. The van der Waals surface area contributed by atoms with Crippen LogP contribution < -0.4 is 10.6 Å². The molecular formula is C17H25N3O2. The number of benzene rings is 1. The molecule has 0 saturated heterocycles. The van der Waals surface area contributed by atoms with E-state index in [-0.39, 0.29) is 17.5 Å². The van der Waals surface area contributed by atoms with Crippen LogP contribution in [0.5, 0.6) is 0 Å². The molecule has 0 bridgehead atoms. The first-order chi connectivity index (χ1) is 10.6. The van der Waals surface area contributed by atoms with Crippen LogP contribution in [0.2, 0.25) is 0 Å². The fourth-order valence-electron chi connectivity index (χ4n) is 2.03. The molecule has 5 heteroatoms. The smallest absolute Gasteiger partial charge is 0.267 e. The summed E-state index contributed by atoms with van der Waals surface area (Å²) in [4.78, 5) is 25.7. The van der Waals surface area contributed by atoms with Gasteiger partial charge in [0.2, 0.25) is 5.91 Å². The molecule has 0 aliphatic heterocycles. The minimum atomic E-state index is -0.272. The molecule has 5 nitrogen and oxygen atoms in total.